The summed E-state index contributed by atoms with van der Waals surface area (Å²) in [7, 11) is 2.05. The van der Waals surface area contributed by atoms with E-state index in [4.69, 9.17) is 4.74 Å². The predicted octanol–water partition coefficient (Wildman–Crippen LogP) is 4.65. The topological polar surface area (TPSA) is 21.3 Å². The van der Waals surface area contributed by atoms with Gasteiger partial charge in [-0.2, -0.15) is 0 Å². The Hall–Kier alpha value is -0.840. The van der Waals surface area contributed by atoms with Gasteiger partial charge in [0.25, 0.3) is 0 Å². The second kappa shape index (κ2) is 5.88. The highest BCUT2D eigenvalue weighted by molar-refractivity contribution is 9.10. The number of para-hydroxylation sites is 1. The molecule has 2 aromatic rings. The van der Waals surface area contributed by atoms with E-state index in [0.29, 0.717) is 12.0 Å². The second-order valence-corrected chi connectivity index (χ2v) is 7.24. The average Bonchev–Trinajstić information content (AvgIpc) is 2.79. The molecule has 0 radical (unpaired) electrons. The number of halogens is 1. The maximum absolute atomic E-state index is 5.78. The summed E-state index contributed by atoms with van der Waals surface area (Å²) in [6, 6.07) is 11.0. The van der Waals surface area contributed by atoms with Crippen LogP contribution in [0.5, 0.6) is 5.75 Å². The second-order valence-electron chi connectivity index (χ2n) is 5.10. The molecule has 0 aliphatic carbocycles. The summed E-state index contributed by atoms with van der Waals surface area (Å²) in [5, 5.41) is 3.50. The van der Waals surface area contributed by atoms with Gasteiger partial charge >= 0.3 is 0 Å². The molecule has 0 saturated carbocycles. The molecule has 1 aliphatic heterocycles. The molecule has 2 heterocycles. The smallest absolute Gasteiger partial charge is 0.122 e. The number of nitrogens with one attached hydrogen (secondary N) is 1. The summed E-state index contributed by atoms with van der Waals surface area (Å²) in [5.74, 6) is 1.51. The molecular weight excluding hydrogens is 334 g/mol. The molecule has 2 nitrogen and oxygen atoms in total. The quantitative estimate of drug-likeness (QED) is 0.869. The maximum Gasteiger partial charge on any atom is 0.122 e. The standard InChI is InChI=1S/C16H18BrNOS/c1-10-13(17)9-15(20-10)16(18-2)12-7-8-19-14-6-4-3-5-11(12)14/h3-6,9,12,16,18H,7-8H2,1-2H3. The number of fused-ring (bicyclic) bond motifs is 1. The van der Waals surface area contributed by atoms with Gasteiger partial charge in [-0.3, -0.25) is 0 Å². The Morgan fingerprint density at radius 1 is 1.40 bits per heavy atom. The molecule has 106 valence electrons. The van der Waals surface area contributed by atoms with Crippen molar-refractivity contribution in [2.45, 2.75) is 25.3 Å². The lowest BCUT2D eigenvalue weighted by molar-refractivity contribution is 0.249. The van der Waals surface area contributed by atoms with Gasteiger partial charge in [0.2, 0.25) is 0 Å². The number of likely N-dealkylation sites (N-methyl/N-ethyl adjacent to an activating group) is 1. The molecule has 0 fully saturated rings. The molecule has 0 bridgehead atoms. The third-order valence-corrected chi connectivity index (χ3v) is 6.12. The fourth-order valence-electron chi connectivity index (χ4n) is 2.89. The fourth-order valence-corrected chi connectivity index (χ4v) is 4.63. The first kappa shape index (κ1) is 14.1. The number of aryl methyl sites for hydroxylation is 1. The van der Waals surface area contributed by atoms with Crippen molar-refractivity contribution in [2.24, 2.45) is 0 Å². The van der Waals surface area contributed by atoms with Crippen molar-refractivity contribution in [2.75, 3.05) is 13.7 Å². The maximum atomic E-state index is 5.78. The highest BCUT2D eigenvalue weighted by Crippen LogP contribution is 2.43. The third-order valence-electron chi connectivity index (χ3n) is 3.90. The van der Waals surface area contributed by atoms with Crippen LogP contribution in [0.4, 0.5) is 0 Å². The van der Waals surface area contributed by atoms with Crippen LogP contribution >= 0.6 is 27.3 Å². The molecule has 3 rings (SSSR count). The van der Waals surface area contributed by atoms with Crippen LogP contribution in [0.1, 0.15) is 33.7 Å². The molecule has 1 aromatic carbocycles. The highest BCUT2D eigenvalue weighted by atomic mass is 79.9. The number of hydrogen-bond donors (Lipinski definition) is 1. The van der Waals surface area contributed by atoms with Gasteiger partial charge in [-0.25, -0.2) is 0 Å². The van der Waals surface area contributed by atoms with Crippen molar-refractivity contribution in [1.29, 1.82) is 0 Å². The molecule has 0 spiro atoms. The van der Waals surface area contributed by atoms with E-state index >= 15 is 0 Å². The summed E-state index contributed by atoms with van der Waals surface area (Å²) < 4.78 is 6.99. The Morgan fingerprint density at radius 3 is 2.90 bits per heavy atom. The van der Waals surface area contributed by atoms with Gasteiger partial charge in [-0.05, 0) is 54.0 Å². The van der Waals surface area contributed by atoms with E-state index in [-0.39, 0.29) is 0 Å². The number of hydrogen-bond acceptors (Lipinski definition) is 3. The Morgan fingerprint density at radius 2 is 2.20 bits per heavy atom. The molecule has 20 heavy (non-hydrogen) atoms. The molecule has 1 aliphatic rings. The van der Waals surface area contributed by atoms with Gasteiger partial charge in [-0.15, -0.1) is 11.3 Å². The van der Waals surface area contributed by atoms with E-state index in [1.54, 1.807) is 0 Å². The first-order chi connectivity index (χ1) is 9.70. The number of ether oxygens (including phenoxy) is 1. The van der Waals surface area contributed by atoms with E-state index < -0.39 is 0 Å². The van der Waals surface area contributed by atoms with Crippen molar-refractivity contribution < 1.29 is 4.74 Å². The monoisotopic (exact) mass is 351 g/mol. The van der Waals surface area contributed by atoms with E-state index in [2.05, 4.69) is 52.4 Å². The summed E-state index contributed by atoms with van der Waals surface area (Å²) in [6.07, 6.45) is 1.05. The van der Waals surface area contributed by atoms with Crippen molar-refractivity contribution in [3.8, 4) is 5.75 Å². The van der Waals surface area contributed by atoms with Crippen LogP contribution in [-0.4, -0.2) is 13.7 Å². The summed E-state index contributed by atoms with van der Waals surface area (Å²) in [6.45, 7) is 2.95. The zero-order valence-corrected chi connectivity index (χ0v) is 14.1. The Bertz CT molecular complexity index is 591. The Balaban J connectivity index is 1.98. The lowest BCUT2D eigenvalue weighted by Crippen LogP contribution is -2.27. The first-order valence-corrected chi connectivity index (χ1v) is 8.46. The largest absolute Gasteiger partial charge is 0.493 e. The van der Waals surface area contributed by atoms with Crippen LogP contribution < -0.4 is 10.1 Å². The normalized spacial score (nSPS) is 19.2. The molecule has 0 saturated heterocycles. The lowest BCUT2D eigenvalue weighted by Gasteiger charge is -2.31. The number of rotatable bonds is 3. The van der Waals surface area contributed by atoms with Gasteiger partial charge in [0.15, 0.2) is 0 Å². The van der Waals surface area contributed by atoms with Gasteiger partial charge in [0, 0.05) is 26.2 Å². The molecular formula is C16H18BrNOS. The van der Waals surface area contributed by atoms with Gasteiger partial charge in [0.05, 0.1) is 6.61 Å². The highest BCUT2D eigenvalue weighted by Gasteiger charge is 2.30. The van der Waals surface area contributed by atoms with Crippen LogP contribution in [0.3, 0.4) is 0 Å². The minimum Gasteiger partial charge on any atom is -0.493 e. The van der Waals surface area contributed by atoms with Crippen LogP contribution in [0.15, 0.2) is 34.8 Å². The van der Waals surface area contributed by atoms with E-state index in [9.17, 15) is 0 Å². The van der Waals surface area contributed by atoms with E-state index in [0.717, 1.165) is 18.8 Å². The molecule has 4 heteroatoms. The lowest BCUT2D eigenvalue weighted by atomic mass is 9.86. The van der Waals surface area contributed by atoms with Gasteiger partial charge in [0.1, 0.15) is 5.75 Å². The first-order valence-electron chi connectivity index (χ1n) is 6.85. The number of thiophene rings is 1. The summed E-state index contributed by atoms with van der Waals surface area (Å²) in [4.78, 5) is 2.72. The van der Waals surface area contributed by atoms with Crippen molar-refractivity contribution in [3.05, 3.63) is 50.1 Å². The minimum absolute atomic E-state index is 0.343. The molecule has 2 unspecified atom stereocenters. The van der Waals surface area contributed by atoms with Gasteiger partial charge in [-0.1, -0.05) is 18.2 Å². The zero-order valence-electron chi connectivity index (χ0n) is 11.7. The van der Waals surface area contributed by atoms with Crippen LogP contribution in [0.25, 0.3) is 0 Å². The zero-order chi connectivity index (χ0) is 14.1. The van der Waals surface area contributed by atoms with Crippen molar-refractivity contribution in [3.63, 3.8) is 0 Å². The van der Waals surface area contributed by atoms with E-state index in [1.807, 2.05) is 24.5 Å². The molecule has 1 N–H and O–H groups in total. The van der Waals surface area contributed by atoms with Crippen LogP contribution in [-0.2, 0) is 0 Å². The summed E-state index contributed by atoms with van der Waals surface area (Å²) >= 11 is 5.49. The van der Waals surface area contributed by atoms with Crippen molar-refractivity contribution in [1.82, 2.24) is 5.32 Å². The Labute approximate surface area is 132 Å². The molecule has 0 amide bonds. The van der Waals surface area contributed by atoms with Crippen LogP contribution in [0.2, 0.25) is 0 Å². The van der Waals surface area contributed by atoms with Gasteiger partial charge < -0.3 is 10.1 Å². The van der Waals surface area contributed by atoms with E-state index in [1.165, 1.54) is 19.8 Å². The molecule has 2 atom stereocenters. The SMILES string of the molecule is CNC(c1cc(Br)c(C)s1)C1CCOc2ccccc21. The minimum atomic E-state index is 0.343. The fraction of sp³-hybridized carbons (Fsp3) is 0.375. The molecule has 1 aromatic heterocycles. The Kier molecular flexibility index (Phi) is 4.15. The number of benzene rings is 1. The average molecular weight is 352 g/mol. The van der Waals surface area contributed by atoms with Crippen LogP contribution in [0, 0.1) is 6.92 Å². The van der Waals surface area contributed by atoms with Crippen molar-refractivity contribution >= 4 is 27.3 Å². The summed E-state index contributed by atoms with van der Waals surface area (Å²) in [5.41, 5.74) is 1.32. The third kappa shape index (κ3) is 2.52. The predicted molar refractivity (Wildman–Crippen MR) is 87.9 cm³/mol.